The average Bonchev–Trinajstić information content (AvgIpc) is 2.48. The fraction of sp³-hybridized carbons (Fsp3) is 0.294. The number of aryl methyl sites for hydroxylation is 2. The first-order valence-corrected chi connectivity index (χ1v) is 8.79. The summed E-state index contributed by atoms with van der Waals surface area (Å²) in [5.41, 5.74) is 1.97. The quantitative estimate of drug-likeness (QED) is 0.873. The van der Waals surface area contributed by atoms with Crippen molar-refractivity contribution in [2.45, 2.75) is 24.8 Å². The molecule has 1 atom stereocenters. The summed E-state index contributed by atoms with van der Waals surface area (Å²) in [6.07, 6.45) is -0.500. The van der Waals surface area contributed by atoms with Gasteiger partial charge in [0.1, 0.15) is 12.7 Å². The van der Waals surface area contributed by atoms with E-state index >= 15 is 0 Å². The van der Waals surface area contributed by atoms with Gasteiger partial charge in [-0.25, -0.2) is 8.42 Å². The van der Waals surface area contributed by atoms with E-state index in [0.29, 0.717) is 16.4 Å². The van der Waals surface area contributed by atoms with Crippen LogP contribution >= 0.6 is 0 Å². The minimum atomic E-state index is -3.40. The van der Waals surface area contributed by atoms with E-state index in [9.17, 15) is 8.42 Å². The zero-order valence-electron chi connectivity index (χ0n) is 12.6. The number of para-hydroxylation sites is 1. The van der Waals surface area contributed by atoms with Crippen LogP contribution in [0.25, 0.3) is 0 Å². The summed E-state index contributed by atoms with van der Waals surface area (Å²) in [5.74, 6) is 1.21. The Morgan fingerprint density at radius 2 is 1.82 bits per heavy atom. The van der Waals surface area contributed by atoms with Crippen LogP contribution in [0.4, 0.5) is 0 Å². The minimum Gasteiger partial charge on any atom is -0.486 e. The molecule has 0 spiro atoms. The molecular formula is C17H18O4S. The molecule has 0 aromatic heterocycles. The van der Waals surface area contributed by atoms with Crippen LogP contribution in [0.2, 0.25) is 0 Å². The lowest BCUT2D eigenvalue weighted by molar-refractivity contribution is 0.105. The maximum Gasteiger partial charge on any atom is 0.182 e. The van der Waals surface area contributed by atoms with Gasteiger partial charge in [0.05, 0.1) is 10.6 Å². The largest absolute Gasteiger partial charge is 0.486 e. The Bertz CT molecular complexity index is 779. The monoisotopic (exact) mass is 318 g/mol. The predicted molar refractivity (Wildman–Crippen MR) is 84.3 cm³/mol. The highest BCUT2D eigenvalue weighted by atomic mass is 32.2. The molecule has 0 saturated carbocycles. The van der Waals surface area contributed by atoms with Gasteiger partial charge in [0.15, 0.2) is 21.3 Å². The molecule has 0 saturated heterocycles. The smallest absolute Gasteiger partial charge is 0.182 e. The van der Waals surface area contributed by atoms with Crippen LogP contribution in [0.3, 0.4) is 0 Å². The number of rotatable bonds is 3. The first kappa shape index (κ1) is 14.9. The molecule has 0 aliphatic carbocycles. The SMILES string of the molecule is Cc1ccc(S(=O)(=O)CC2COc3cccc(C)c3O2)cc1. The van der Waals surface area contributed by atoms with Crippen molar-refractivity contribution in [3.63, 3.8) is 0 Å². The molecule has 0 bridgehead atoms. The van der Waals surface area contributed by atoms with Gasteiger partial charge in [-0.05, 0) is 37.6 Å². The lowest BCUT2D eigenvalue weighted by Gasteiger charge is -2.27. The Balaban J connectivity index is 1.79. The van der Waals surface area contributed by atoms with Gasteiger partial charge in [0, 0.05) is 0 Å². The molecule has 5 heteroatoms. The number of ether oxygens (including phenoxy) is 2. The van der Waals surface area contributed by atoms with Crippen molar-refractivity contribution in [1.29, 1.82) is 0 Å². The topological polar surface area (TPSA) is 52.6 Å². The van der Waals surface area contributed by atoms with Crippen molar-refractivity contribution >= 4 is 9.84 Å². The molecule has 0 N–H and O–H groups in total. The van der Waals surface area contributed by atoms with Crippen LogP contribution < -0.4 is 9.47 Å². The van der Waals surface area contributed by atoms with E-state index in [1.54, 1.807) is 24.3 Å². The molecule has 4 nitrogen and oxygen atoms in total. The molecule has 0 amide bonds. The number of hydrogen-bond donors (Lipinski definition) is 0. The lowest BCUT2D eigenvalue weighted by atomic mass is 10.2. The fourth-order valence-electron chi connectivity index (χ4n) is 2.44. The first-order chi connectivity index (χ1) is 10.5. The molecular weight excluding hydrogens is 300 g/mol. The van der Waals surface area contributed by atoms with E-state index in [-0.39, 0.29) is 12.4 Å². The van der Waals surface area contributed by atoms with Crippen LogP contribution in [0.5, 0.6) is 11.5 Å². The van der Waals surface area contributed by atoms with Crippen molar-refractivity contribution in [1.82, 2.24) is 0 Å². The second kappa shape index (κ2) is 5.65. The normalized spacial score (nSPS) is 17.3. The average molecular weight is 318 g/mol. The predicted octanol–water partition coefficient (Wildman–Crippen LogP) is 2.92. The molecule has 1 unspecified atom stereocenters. The molecule has 3 rings (SSSR count). The van der Waals surface area contributed by atoms with Crippen molar-refractivity contribution in [3.8, 4) is 11.5 Å². The van der Waals surface area contributed by atoms with Crippen LogP contribution in [0.15, 0.2) is 47.4 Å². The summed E-state index contributed by atoms with van der Waals surface area (Å²) in [6.45, 7) is 4.08. The molecule has 1 aliphatic rings. The van der Waals surface area contributed by atoms with Gasteiger partial charge >= 0.3 is 0 Å². The highest BCUT2D eigenvalue weighted by Gasteiger charge is 2.28. The number of fused-ring (bicyclic) bond motifs is 1. The molecule has 2 aromatic rings. The Morgan fingerprint density at radius 3 is 2.55 bits per heavy atom. The summed E-state index contributed by atoms with van der Waals surface area (Å²) in [4.78, 5) is 0.317. The standard InChI is InChI=1S/C17H18O4S/c1-12-6-8-15(9-7-12)22(18,19)11-14-10-20-16-5-3-4-13(2)17(16)21-14/h3-9,14H,10-11H2,1-2H3. The molecule has 22 heavy (non-hydrogen) atoms. The van der Waals surface area contributed by atoms with Gasteiger partial charge in [0.2, 0.25) is 0 Å². The third-order valence-corrected chi connectivity index (χ3v) is 5.47. The summed E-state index contributed by atoms with van der Waals surface area (Å²) in [7, 11) is -3.40. The molecule has 1 aliphatic heterocycles. The summed E-state index contributed by atoms with van der Waals surface area (Å²) >= 11 is 0. The molecule has 0 radical (unpaired) electrons. The maximum absolute atomic E-state index is 12.5. The van der Waals surface area contributed by atoms with E-state index < -0.39 is 15.9 Å². The van der Waals surface area contributed by atoms with Gasteiger partial charge in [0.25, 0.3) is 0 Å². The highest BCUT2D eigenvalue weighted by molar-refractivity contribution is 7.91. The first-order valence-electron chi connectivity index (χ1n) is 7.14. The summed E-state index contributed by atoms with van der Waals surface area (Å²) in [5, 5.41) is 0. The van der Waals surface area contributed by atoms with E-state index in [4.69, 9.17) is 9.47 Å². The van der Waals surface area contributed by atoms with Crippen molar-refractivity contribution < 1.29 is 17.9 Å². The molecule has 1 heterocycles. The van der Waals surface area contributed by atoms with Crippen molar-refractivity contribution in [2.24, 2.45) is 0 Å². The molecule has 116 valence electrons. The Labute approximate surface area is 130 Å². The van der Waals surface area contributed by atoms with Gasteiger partial charge < -0.3 is 9.47 Å². The minimum absolute atomic E-state index is 0.0934. The Kier molecular flexibility index (Phi) is 3.83. The third kappa shape index (κ3) is 2.95. The van der Waals surface area contributed by atoms with Gasteiger partial charge in [-0.2, -0.15) is 0 Å². The summed E-state index contributed by atoms with van der Waals surface area (Å²) in [6, 6.07) is 12.5. The van der Waals surface area contributed by atoms with Crippen LogP contribution in [-0.4, -0.2) is 26.9 Å². The second-order valence-electron chi connectivity index (χ2n) is 5.55. The molecule has 0 fully saturated rings. The van der Waals surface area contributed by atoms with E-state index in [2.05, 4.69) is 0 Å². The van der Waals surface area contributed by atoms with Crippen LogP contribution in [0, 0.1) is 13.8 Å². The number of sulfone groups is 1. The fourth-order valence-corrected chi connectivity index (χ4v) is 3.84. The summed E-state index contributed by atoms with van der Waals surface area (Å²) < 4.78 is 36.4. The third-order valence-electron chi connectivity index (χ3n) is 3.67. The highest BCUT2D eigenvalue weighted by Crippen LogP contribution is 2.35. The lowest BCUT2D eigenvalue weighted by Crippen LogP contribution is -2.35. The maximum atomic E-state index is 12.5. The van der Waals surface area contributed by atoms with Crippen molar-refractivity contribution in [3.05, 3.63) is 53.6 Å². The number of benzene rings is 2. The Morgan fingerprint density at radius 1 is 1.09 bits per heavy atom. The van der Waals surface area contributed by atoms with Crippen molar-refractivity contribution in [2.75, 3.05) is 12.4 Å². The van der Waals surface area contributed by atoms with Gasteiger partial charge in [-0.15, -0.1) is 0 Å². The van der Waals surface area contributed by atoms with E-state index in [1.165, 1.54) is 0 Å². The number of hydrogen-bond acceptors (Lipinski definition) is 4. The molecule has 2 aromatic carbocycles. The van der Waals surface area contributed by atoms with Gasteiger partial charge in [-0.3, -0.25) is 0 Å². The zero-order valence-corrected chi connectivity index (χ0v) is 13.4. The van der Waals surface area contributed by atoms with Gasteiger partial charge in [-0.1, -0.05) is 29.8 Å². The Hall–Kier alpha value is -2.01. The second-order valence-corrected chi connectivity index (χ2v) is 7.58. The van der Waals surface area contributed by atoms with Crippen LogP contribution in [0.1, 0.15) is 11.1 Å². The van der Waals surface area contributed by atoms with E-state index in [1.807, 2.05) is 32.0 Å². The van der Waals surface area contributed by atoms with E-state index in [0.717, 1.165) is 11.1 Å². The van der Waals surface area contributed by atoms with Crippen LogP contribution in [-0.2, 0) is 9.84 Å². The zero-order chi connectivity index (χ0) is 15.7.